The summed E-state index contributed by atoms with van der Waals surface area (Å²) in [6, 6.07) is 3.70. The second-order valence-electron chi connectivity index (χ2n) is 9.78. The lowest BCUT2D eigenvalue weighted by molar-refractivity contribution is 0.416. The summed E-state index contributed by atoms with van der Waals surface area (Å²) in [6.45, 7) is 9.04. The number of nitrogens with one attached hydrogen (secondary N) is 1. The number of benzene rings is 1. The molecule has 5 rings (SSSR count). The number of imidazole rings is 1. The van der Waals surface area contributed by atoms with Crippen LogP contribution < -0.4 is 5.32 Å². The highest BCUT2D eigenvalue weighted by Gasteiger charge is 2.32. The Morgan fingerprint density at radius 1 is 1.17 bits per heavy atom. The molecule has 0 amide bonds. The van der Waals surface area contributed by atoms with Crippen molar-refractivity contribution in [3.63, 3.8) is 0 Å². The third-order valence-corrected chi connectivity index (χ3v) is 7.27. The maximum atomic E-state index is 15.0. The molecule has 1 aliphatic rings. The number of hydrogen-bond acceptors (Lipinski definition) is 5. The van der Waals surface area contributed by atoms with Crippen LogP contribution in [0.5, 0.6) is 0 Å². The van der Waals surface area contributed by atoms with Crippen molar-refractivity contribution in [1.82, 2.24) is 29.3 Å². The van der Waals surface area contributed by atoms with Gasteiger partial charge in [-0.2, -0.15) is 5.10 Å². The Hall–Kier alpha value is -2.71. The average Bonchev–Trinajstić information content (AvgIpc) is 3.46. The third-order valence-electron chi connectivity index (χ3n) is 6.80. The fourth-order valence-corrected chi connectivity index (χ4v) is 5.65. The molecule has 0 spiro atoms. The van der Waals surface area contributed by atoms with Gasteiger partial charge >= 0.3 is 0 Å². The molecule has 0 unspecified atom stereocenters. The fraction of sp³-hybridized carbons (Fsp3) is 0.440. The first kappa shape index (κ1) is 24.0. The van der Waals surface area contributed by atoms with E-state index in [1.807, 2.05) is 28.4 Å². The predicted molar refractivity (Wildman–Crippen MR) is 137 cm³/mol. The van der Waals surface area contributed by atoms with Gasteiger partial charge in [0, 0.05) is 30.4 Å². The maximum Gasteiger partial charge on any atom is 0.223 e. The van der Waals surface area contributed by atoms with Gasteiger partial charge in [0.25, 0.3) is 0 Å². The van der Waals surface area contributed by atoms with Crippen molar-refractivity contribution in [2.45, 2.75) is 59.2 Å². The van der Waals surface area contributed by atoms with Crippen molar-refractivity contribution in [2.75, 3.05) is 5.32 Å². The Balaban J connectivity index is 1.40. The molecular formula is C25H28Cl2FN7. The molecule has 0 bridgehead atoms. The molecule has 0 aliphatic heterocycles. The number of nitrogens with zero attached hydrogens (tertiary/aromatic N) is 6. The molecule has 1 N–H and O–H groups in total. The number of rotatable bonds is 6. The lowest BCUT2D eigenvalue weighted by Crippen LogP contribution is -2.23. The van der Waals surface area contributed by atoms with Crippen LogP contribution in [0.25, 0.3) is 22.3 Å². The minimum absolute atomic E-state index is 0.141. The summed E-state index contributed by atoms with van der Waals surface area (Å²) in [5, 5.41) is 8.81. The van der Waals surface area contributed by atoms with E-state index in [9.17, 15) is 0 Å². The van der Waals surface area contributed by atoms with Crippen LogP contribution in [0.15, 0.2) is 30.7 Å². The van der Waals surface area contributed by atoms with Crippen LogP contribution in [0.2, 0.25) is 10.0 Å². The lowest BCUT2D eigenvalue weighted by Gasteiger charge is -2.18. The van der Waals surface area contributed by atoms with Crippen molar-refractivity contribution in [3.8, 4) is 11.3 Å². The number of halogens is 3. The van der Waals surface area contributed by atoms with Crippen molar-refractivity contribution in [1.29, 1.82) is 0 Å². The van der Waals surface area contributed by atoms with Crippen LogP contribution >= 0.6 is 23.2 Å². The lowest BCUT2D eigenvalue weighted by atomic mass is 10.1. The van der Waals surface area contributed by atoms with E-state index in [-0.39, 0.29) is 12.1 Å². The quantitative estimate of drug-likeness (QED) is 0.315. The highest BCUT2D eigenvalue weighted by Crippen LogP contribution is 2.35. The Labute approximate surface area is 213 Å². The van der Waals surface area contributed by atoms with E-state index in [4.69, 9.17) is 28.2 Å². The molecule has 184 valence electrons. The van der Waals surface area contributed by atoms with E-state index in [0.717, 1.165) is 30.7 Å². The topological polar surface area (TPSA) is 73.5 Å². The Bertz CT molecular complexity index is 1380. The molecule has 1 saturated carbocycles. The van der Waals surface area contributed by atoms with Crippen molar-refractivity contribution < 1.29 is 4.39 Å². The van der Waals surface area contributed by atoms with Crippen LogP contribution in [-0.2, 0) is 6.54 Å². The van der Waals surface area contributed by atoms with Gasteiger partial charge in [-0.3, -0.25) is 4.68 Å². The predicted octanol–water partition coefficient (Wildman–Crippen LogP) is 6.55. The van der Waals surface area contributed by atoms with E-state index in [0.29, 0.717) is 44.6 Å². The van der Waals surface area contributed by atoms with Crippen LogP contribution in [0.3, 0.4) is 0 Å². The van der Waals surface area contributed by atoms with Gasteiger partial charge in [-0.15, -0.1) is 0 Å². The largest absolute Gasteiger partial charge is 0.351 e. The van der Waals surface area contributed by atoms with Gasteiger partial charge < -0.3 is 9.88 Å². The zero-order valence-electron chi connectivity index (χ0n) is 20.1. The number of fused-ring (bicyclic) bond motifs is 1. The molecular weight excluding hydrogens is 488 g/mol. The van der Waals surface area contributed by atoms with Crippen LogP contribution in [0.1, 0.15) is 45.5 Å². The summed E-state index contributed by atoms with van der Waals surface area (Å²) < 4.78 is 18.9. The van der Waals surface area contributed by atoms with Gasteiger partial charge in [-0.25, -0.2) is 19.3 Å². The number of hydrogen-bond donors (Lipinski definition) is 1. The summed E-state index contributed by atoms with van der Waals surface area (Å²) in [5.74, 6) is 1.77. The normalized spacial score (nSPS) is 20.3. The Morgan fingerprint density at radius 2 is 1.97 bits per heavy atom. The number of aromatic nitrogens is 6. The van der Waals surface area contributed by atoms with Crippen molar-refractivity contribution >= 4 is 40.2 Å². The van der Waals surface area contributed by atoms with Crippen LogP contribution in [-0.4, -0.2) is 35.3 Å². The van der Waals surface area contributed by atoms with Crippen LogP contribution in [0, 0.1) is 24.6 Å². The first-order valence-electron chi connectivity index (χ1n) is 11.8. The SMILES string of the molecule is Cc1nc2c(F)cc(-c3nc(N[C@@H]4C[C@H](Cn5cc(Cl)cn5)C[C@H]4C)ncc3Cl)cc2n1C(C)C. The highest BCUT2D eigenvalue weighted by molar-refractivity contribution is 6.33. The van der Waals surface area contributed by atoms with Gasteiger partial charge in [0.05, 0.1) is 33.6 Å². The minimum atomic E-state index is -0.393. The van der Waals surface area contributed by atoms with E-state index < -0.39 is 5.82 Å². The molecule has 0 radical (unpaired) electrons. The molecule has 1 aliphatic carbocycles. The smallest absolute Gasteiger partial charge is 0.223 e. The minimum Gasteiger partial charge on any atom is -0.351 e. The standard InChI is InChI=1S/C25H28Cl2FN7/c1-13(2)35-15(4)31-24-20(28)7-17(8-22(24)35)23-19(27)10-29-25(33-23)32-21-6-16(5-14(21)3)11-34-12-18(26)9-30-34/h7-10,12-14,16,21H,5-6,11H2,1-4H3,(H,29,32,33)/t14-,16-,21-/m1/s1. The van der Waals surface area contributed by atoms with Gasteiger partial charge in [-0.05, 0) is 57.6 Å². The molecule has 35 heavy (non-hydrogen) atoms. The molecule has 4 aromatic rings. The van der Waals surface area contributed by atoms with Crippen molar-refractivity contribution in [2.24, 2.45) is 11.8 Å². The van der Waals surface area contributed by atoms with Gasteiger partial charge in [0.15, 0.2) is 5.82 Å². The van der Waals surface area contributed by atoms with E-state index in [1.54, 1.807) is 12.4 Å². The average molecular weight is 516 g/mol. The van der Waals surface area contributed by atoms with Crippen LogP contribution in [0.4, 0.5) is 10.3 Å². The summed E-state index contributed by atoms with van der Waals surface area (Å²) in [6.07, 6.45) is 7.12. The van der Waals surface area contributed by atoms with E-state index >= 15 is 4.39 Å². The second-order valence-corrected chi connectivity index (χ2v) is 10.6. The molecule has 10 heteroatoms. The third kappa shape index (κ3) is 4.74. The van der Waals surface area contributed by atoms with Gasteiger partial charge in [0.2, 0.25) is 5.95 Å². The maximum absolute atomic E-state index is 15.0. The second kappa shape index (κ2) is 9.39. The summed E-state index contributed by atoms with van der Waals surface area (Å²) in [5.41, 5.74) is 2.17. The molecule has 3 heterocycles. The molecule has 7 nitrogen and oxygen atoms in total. The van der Waals surface area contributed by atoms with E-state index in [1.165, 1.54) is 6.07 Å². The number of anilines is 1. The first-order valence-corrected chi connectivity index (χ1v) is 12.6. The highest BCUT2D eigenvalue weighted by atomic mass is 35.5. The molecule has 1 fully saturated rings. The summed E-state index contributed by atoms with van der Waals surface area (Å²) in [7, 11) is 0. The Morgan fingerprint density at radius 3 is 2.69 bits per heavy atom. The van der Waals surface area contributed by atoms with E-state index in [2.05, 4.69) is 41.2 Å². The monoisotopic (exact) mass is 515 g/mol. The zero-order valence-corrected chi connectivity index (χ0v) is 21.6. The molecule has 3 atom stereocenters. The molecule has 0 saturated heterocycles. The molecule has 1 aromatic carbocycles. The van der Waals surface area contributed by atoms with Gasteiger partial charge in [0.1, 0.15) is 11.3 Å². The van der Waals surface area contributed by atoms with Gasteiger partial charge in [-0.1, -0.05) is 30.1 Å². The summed E-state index contributed by atoms with van der Waals surface area (Å²) in [4.78, 5) is 13.5. The molecule has 3 aromatic heterocycles. The fourth-order valence-electron chi connectivity index (χ4n) is 5.29. The zero-order chi connectivity index (χ0) is 24.9. The van der Waals surface area contributed by atoms with Crippen molar-refractivity contribution in [3.05, 3.63) is 52.4 Å². The Kier molecular flexibility index (Phi) is 6.44. The number of aryl methyl sites for hydroxylation is 1. The summed E-state index contributed by atoms with van der Waals surface area (Å²) >= 11 is 12.5. The first-order chi connectivity index (χ1) is 16.7.